The van der Waals surface area contributed by atoms with Gasteiger partial charge in [-0.05, 0) is 47.8 Å². The molecule has 29 heavy (non-hydrogen) atoms. The predicted molar refractivity (Wildman–Crippen MR) is 115 cm³/mol. The van der Waals surface area contributed by atoms with Crippen LogP contribution in [-0.4, -0.2) is 29.0 Å². The molecule has 4 aromatic rings. The minimum atomic E-state index is -0.238. The third-order valence-corrected chi connectivity index (χ3v) is 5.11. The smallest absolute Gasteiger partial charge is 0.281 e. The van der Waals surface area contributed by atoms with Gasteiger partial charge in [0.15, 0.2) is 0 Å². The number of aromatic nitrogens is 2. The Labute approximate surface area is 172 Å². The van der Waals surface area contributed by atoms with E-state index in [9.17, 15) is 4.79 Å². The highest BCUT2D eigenvalue weighted by molar-refractivity contribution is 7.12. The van der Waals surface area contributed by atoms with Crippen LogP contribution < -0.4 is 10.2 Å². The van der Waals surface area contributed by atoms with Gasteiger partial charge in [-0.3, -0.25) is 4.79 Å². The van der Waals surface area contributed by atoms with E-state index in [4.69, 9.17) is 9.84 Å². The zero-order chi connectivity index (χ0) is 20.1. The van der Waals surface area contributed by atoms with Crippen LogP contribution in [0, 0.1) is 0 Å². The molecule has 0 aliphatic carbocycles. The molecular formula is C22H18N4O2S. The van der Waals surface area contributed by atoms with Crippen molar-refractivity contribution in [2.75, 3.05) is 7.11 Å². The third kappa shape index (κ3) is 4.25. The van der Waals surface area contributed by atoms with Gasteiger partial charge in [-0.2, -0.15) is 10.2 Å². The normalized spacial score (nSPS) is 10.9. The molecule has 2 heterocycles. The lowest BCUT2D eigenvalue weighted by atomic mass is 10.1. The van der Waals surface area contributed by atoms with Crippen molar-refractivity contribution in [3.63, 3.8) is 0 Å². The van der Waals surface area contributed by atoms with Crippen molar-refractivity contribution in [1.82, 2.24) is 15.2 Å². The van der Waals surface area contributed by atoms with Crippen LogP contribution in [0.5, 0.6) is 5.75 Å². The summed E-state index contributed by atoms with van der Waals surface area (Å²) in [5, 5.41) is 10.7. The molecular weight excluding hydrogens is 384 g/mol. The second-order valence-electron chi connectivity index (χ2n) is 6.12. The Kier molecular flexibility index (Phi) is 5.49. The van der Waals surface area contributed by atoms with E-state index in [0.717, 1.165) is 28.3 Å². The van der Waals surface area contributed by atoms with Crippen LogP contribution in [-0.2, 0) is 0 Å². The number of amides is 1. The first-order valence-electron chi connectivity index (χ1n) is 8.91. The van der Waals surface area contributed by atoms with E-state index < -0.39 is 0 Å². The number of hydrazone groups is 1. The summed E-state index contributed by atoms with van der Waals surface area (Å²) in [6, 6.07) is 21.1. The van der Waals surface area contributed by atoms with Crippen molar-refractivity contribution in [2.24, 2.45) is 5.10 Å². The largest absolute Gasteiger partial charge is 0.497 e. The summed E-state index contributed by atoms with van der Waals surface area (Å²) >= 11 is 1.37. The van der Waals surface area contributed by atoms with E-state index in [-0.39, 0.29) is 5.91 Å². The second kappa shape index (κ2) is 8.53. The summed E-state index contributed by atoms with van der Waals surface area (Å²) in [7, 11) is 1.63. The van der Waals surface area contributed by atoms with Gasteiger partial charge in [-0.25, -0.2) is 10.1 Å². The van der Waals surface area contributed by atoms with Crippen LogP contribution in [0.2, 0.25) is 0 Å². The van der Waals surface area contributed by atoms with Gasteiger partial charge in [0, 0.05) is 17.3 Å². The number of benzene rings is 2. The van der Waals surface area contributed by atoms with E-state index in [1.807, 2.05) is 72.2 Å². The summed E-state index contributed by atoms with van der Waals surface area (Å²) in [5.41, 5.74) is 5.96. The topological polar surface area (TPSA) is 68.5 Å². The molecule has 1 N–H and O–H groups in total. The maximum atomic E-state index is 12.1. The molecule has 2 aromatic carbocycles. The molecule has 0 atom stereocenters. The number of nitrogens with one attached hydrogen (secondary N) is 1. The van der Waals surface area contributed by atoms with Gasteiger partial charge < -0.3 is 4.74 Å². The Bertz CT molecular complexity index is 1120. The second-order valence-corrected chi connectivity index (χ2v) is 7.07. The molecule has 4 rings (SSSR count). The van der Waals surface area contributed by atoms with E-state index in [1.54, 1.807) is 24.1 Å². The molecule has 0 aliphatic heterocycles. The number of ether oxygens (including phenoxy) is 1. The van der Waals surface area contributed by atoms with Crippen molar-refractivity contribution < 1.29 is 9.53 Å². The maximum absolute atomic E-state index is 12.1. The molecule has 0 spiro atoms. The number of methoxy groups -OCH3 is 1. The number of para-hydroxylation sites is 1. The van der Waals surface area contributed by atoms with Crippen LogP contribution in [0.15, 0.2) is 83.4 Å². The van der Waals surface area contributed by atoms with Gasteiger partial charge in [0.1, 0.15) is 11.4 Å². The third-order valence-electron chi connectivity index (χ3n) is 4.24. The minimum absolute atomic E-state index is 0.238. The van der Waals surface area contributed by atoms with Gasteiger partial charge in [0.2, 0.25) is 0 Å². The molecule has 144 valence electrons. The molecule has 7 heteroatoms. The zero-order valence-corrected chi connectivity index (χ0v) is 16.5. The number of thiophene rings is 1. The fraction of sp³-hybridized carbons (Fsp3) is 0.0455. The molecule has 0 fully saturated rings. The van der Waals surface area contributed by atoms with Crippen LogP contribution in [0.3, 0.4) is 0 Å². The van der Waals surface area contributed by atoms with Crippen molar-refractivity contribution in [3.05, 3.63) is 88.7 Å². The fourth-order valence-electron chi connectivity index (χ4n) is 2.79. The SMILES string of the molecule is COc1ccc(-c2nn(-c3ccccc3)cc2C=NNC(=O)c2cccs2)cc1. The van der Waals surface area contributed by atoms with Crippen molar-refractivity contribution in [1.29, 1.82) is 0 Å². The first kappa shape index (κ1) is 18.6. The summed E-state index contributed by atoms with van der Waals surface area (Å²) in [6.45, 7) is 0. The molecule has 0 unspecified atom stereocenters. The Hall–Kier alpha value is -3.71. The maximum Gasteiger partial charge on any atom is 0.281 e. The van der Waals surface area contributed by atoms with E-state index in [1.165, 1.54) is 11.3 Å². The fourth-order valence-corrected chi connectivity index (χ4v) is 3.40. The Morgan fingerprint density at radius 2 is 1.90 bits per heavy atom. The molecule has 0 saturated heterocycles. The summed E-state index contributed by atoms with van der Waals surface area (Å²) < 4.78 is 7.03. The highest BCUT2D eigenvalue weighted by atomic mass is 32.1. The first-order valence-corrected chi connectivity index (χ1v) is 9.79. The van der Waals surface area contributed by atoms with Crippen LogP contribution in [0.1, 0.15) is 15.2 Å². The Morgan fingerprint density at radius 1 is 1.10 bits per heavy atom. The van der Waals surface area contributed by atoms with Crippen molar-refractivity contribution in [3.8, 4) is 22.7 Å². The number of carbonyl (C=O) groups excluding carboxylic acids is 1. The lowest BCUT2D eigenvalue weighted by Gasteiger charge is -2.02. The Balaban J connectivity index is 1.65. The standard InChI is InChI=1S/C22H18N4O2S/c1-28-19-11-9-16(10-12-19)21-17(14-23-24-22(27)20-8-5-13-29-20)15-26(25-21)18-6-3-2-4-7-18/h2-15H,1H3,(H,24,27). The number of rotatable bonds is 6. The lowest BCUT2D eigenvalue weighted by Crippen LogP contribution is -2.16. The number of hydrogen-bond acceptors (Lipinski definition) is 5. The van der Waals surface area contributed by atoms with E-state index >= 15 is 0 Å². The number of hydrogen-bond donors (Lipinski definition) is 1. The van der Waals surface area contributed by atoms with E-state index in [2.05, 4.69) is 10.5 Å². The molecule has 0 radical (unpaired) electrons. The number of nitrogens with zero attached hydrogens (tertiary/aromatic N) is 3. The summed E-state index contributed by atoms with van der Waals surface area (Å²) in [6.07, 6.45) is 3.49. The van der Waals surface area contributed by atoms with Crippen molar-refractivity contribution >= 4 is 23.5 Å². The summed E-state index contributed by atoms with van der Waals surface area (Å²) in [5.74, 6) is 0.535. The van der Waals surface area contributed by atoms with Crippen molar-refractivity contribution in [2.45, 2.75) is 0 Å². The average molecular weight is 402 g/mol. The highest BCUT2D eigenvalue weighted by Crippen LogP contribution is 2.25. The minimum Gasteiger partial charge on any atom is -0.497 e. The first-order chi connectivity index (χ1) is 14.2. The van der Waals surface area contributed by atoms with Gasteiger partial charge in [-0.1, -0.05) is 24.3 Å². The molecule has 1 amide bonds. The van der Waals surface area contributed by atoms with Gasteiger partial charge in [-0.15, -0.1) is 11.3 Å². The summed E-state index contributed by atoms with van der Waals surface area (Å²) in [4.78, 5) is 12.7. The quantitative estimate of drug-likeness (QED) is 0.385. The van der Waals surface area contributed by atoms with Crippen LogP contribution in [0.25, 0.3) is 16.9 Å². The van der Waals surface area contributed by atoms with Gasteiger partial charge >= 0.3 is 0 Å². The van der Waals surface area contributed by atoms with Gasteiger partial charge in [0.05, 0.1) is 23.9 Å². The number of carbonyl (C=O) groups is 1. The monoisotopic (exact) mass is 402 g/mol. The molecule has 2 aromatic heterocycles. The highest BCUT2D eigenvalue weighted by Gasteiger charge is 2.12. The van der Waals surface area contributed by atoms with Crippen LogP contribution in [0.4, 0.5) is 0 Å². The Morgan fingerprint density at radius 3 is 2.59 bits per heavy atom. The van der Waals surface area contributed by atoms with Crippen LogP contribution >= 0.6 is 11.3 Å². The lowest BCUT2D eigenvalue weighted by molar-refractivity contribution is 0.0959. The molecule has 0 saturated carbocycles. The molecule has 0 aliphatic rings. The average Bonchev–Trinajstić information content (AvgIpc) is 3.45. The molecule has 0 bridgehead atoms. The zero-order valence-electron chi connectivity index (χ0n) is 15.6. The van der Waals surface area contributed by atoms with Gasteiger partial charge in [0.25, 0.3) is 5.91 Å². The predicted octanol–water partition coefficient (Wildman–Crippen LogP) is 4.37. The molecule has 6 nitrogen and oxygen atoms in total. The van der Waals surface area contributed by atoms with E-state index in [0.29, 0.717) is 4.88 Å².